The fourth-order valence-electron chi connectivity index (χ4n) is 2.08. The Hall–Kier alpha value is -2.12. The van der Waals surface area contributed by atoms with Crippen molar-refractivity contribution in [3.8, 4) is 0 Å². The Morgan fingerprint density at radius 3 is 2.42 bits per heavy atom. The van der Waals surface area contributed by atoms with Crippen molar-refractivity contribution in [2.45, 2.75) is 13.8 Å². The Balaban J connectivity index is 2.40. The van der Waals surface area contributed by atoms with Gasteiger partial charge in [-0.1, -0.05) is 0 Å². The summed E-state index contributed by atoms with van der Waals surface area (Å²) in [5, 5.41) is 14.0. The number of nitrogens with one attached hydrogen (secondary N) is 2. The Bertz CT molecular complexity index is 828. The zero-order valence-corrected chi connectivity index (χ0v) is 14.8. The van der Waals surface area contributed by atoms with Crippen LogP contribution < -0.4 is 15.0 Å². The van der Waals surface area contributed by atoms with Gasteiger partial charge in [0.05, 0.1) is 0 Å². The molecule has 2 aromatic rings. The van der Waals surface area contributed by atoms with Crippen LogP contribution >= 0.6 is 0 Å². The molecule has 0 saturated heterocycles. The molecule has 1 atom stereocenters. The number of amides is 1. The Labute approximate surface area is 140 Å². The van der Waals surface area contributed by atoms with E-state index in [9.17, 15) is 17.0 Å². The number of anilines is 3. The second-order valence-electron chi connectivity index (χ2n) is 5.10. The van der Waals surface area contributed by atoms with Crippen LogP contribution in [0.1, 0.15) is 12.5 Å². The van der Waals surface area contributed by atoms with Crippen LogP contribution in [0, 0.1) is 12.7 Å². The van der Waals surface area contributed by atoms with Crippen LogP contribution in [0.3, 0.4) is 0 Å². The number of carbonyl (C=O) groups is 1. The summed E-state index contributed by atoms with van der Waals surface area (Å²) in [7, 11) is 0. The molecule has 0 bridgehead atoms. The topological polar surface area (TPSA) is 108 Å². The van der Waals surface area contributed by atoms with Crippen LogP contribution in [-0.2, 0) is 12.4 Å². The molecular weight excluding hydrogens is 382 g/mol. The van der Waals surface area contributed by atoms with E-state index in [1.807, 2.05) is 0 Å². The average Bonchev–Trinajstić information content (AvgIpc) is 2.50. The van der Waals surface area contributed by atoms with Crippen LogP contribution in [0.4, 0.5) is 21.5 Å². The first-order chi connectivity index (χ1) is 11.2. The van der Waals surface area contributed by atoms with Crippen LogP contribution in [0.2, 0.25) is 0 Å². The van der Waals surface area contributed by atoms with E-state index in [0.717, 1.165) is 0 Å². The maximum absolute atomic E-state index is 13.3. The molecule has 1 amide bonds. The number of carbonyl (C=O) groups excluding carboxylic acids is 1. The van der Waals surface area contributed by atoms with Gasteiger partial charge in [-0.05, 0) is 0 Å². The first kappa shape index (κ1) is 18.2. The summed E-state index contributed by atoms with van der Waals surface area (Å²) >= 11 is -5.15. The van der Waals surface area contributed by atoms with Crippen molar-refractivity contribution in [1.82, 2.24) is 0 Å². The van der Waals surface area contributed by atoms with Gasteiger partial charge in [0.15, 0.2) is 0 Å². The molecule has 0 radical (unpaired) electrons. The van der Waals surface area contributed by atoms with Crippen molar-refractivity contribution < 1.29 is 26.2 Å². The summed E-state index contributed by atoms with van der Waals surface area (Å²) in [5.74, 6) is -0.793. The molecule has 0 heterocycles. The zero-order chi connectivity index (χ0) is 17.9. The maximum atomic E-state index is 13.3. The Kier molecular flexibility index (Phi) is 5.46. The minimum absolute atomic E-state index is 0.0328. The summed E-state index contributed by atoms with van der Waals surface area (Å²) in [6.07, 6.45) is 0. The summed E-state index contributed by atoms with van der Waals surface area (Å²) < 4.78 is 38.3. The number of benzene rings is 2. The molecule has 0 fully saturated rings. The monoisotopic (exact) mass is 398 g/mol. The van der Waals surface area contributed by atoms with Gasteiger partial charge in [0.25, 0.3) is 0 Å². The van der Waals surface area contributed by atoms with Gasteiger partial charge < -0.3 is 0 Å². The quantitative estimate of drug-likeness (QED) is 0.348. The molecule has 2 rings (SSSR count). The van der Waals surface area contributed by atoms with E-state index < -0.39 is 20.1 Å². The number of aryl methyl sites for hydroxylation is 1. The van der Waals surface area contributed by atoms with Crippen molar-refractivity contribution in [1.29, 1.82) is 0 Å². The fraction of sp³-hybridized carbons (Fsp3) is 0.133. The number of halogens is 1. The van der Waals surface area contributed by atoms with E-state index in [1.165, 1.54) is 37.3 Å². The summed E-state index contributed by atoms with van der Waals surface area (Å²) in [5.41, 5.74) is 1.58. The first-order valence-electron chi connectivity index (χ1n) is 6.84. The predicted molar refractivity (Wildman–Crippen MR) is 87.2 cm³/mol. The fourth-order valence-corrected chi connectivity index (χ4v) is 3.71. The van der Waals surface area contributed by atoms with E-state index in [1.54, 1.807) is 13.0 Å². The minimum atomic E-state index is -5.15. The molecule has 0 spiro atoms. The van der Waals surface area contributed by atoms with Crippen LogP contribution in [-0.4, -0.2) is 29.4 Å². The molecule has 9 heteroatoms. The van der Waals surface area contributed by atoms with Gasteiger partial charge in [-0.15, -0.1) is 0 Å². The Morgan fingerprint density at radius 2 is 1.83 bits per heavy atom. The van der Waals surface area contributed by atoms with Crippen LogP contribution in [0.5, 0.6) is 0 Å². The van der Waals surface area contributed by atoms with Gasteiger partial charge in [0, 0.05) is 0 Å². The normalized spacial score (nSPS) is 13.2. The summed E-state index contributed by atoms with van der Waals surface area (Å²) in [6, 6.07) is 8.59. The molecule has 1 unspecified atom stereocenters. The van der Waals surface area contributed by atoms with Crippen LogP contribution in [0.15, 0.2) is 36.4 Å². The van der Waals surface area contributed by atoms with Crippen molar-refractivity contribution in [2.24, 2.45) is 0 Å². The Morgan fingerprint density at radius 1 is 1.21 bits per heavy atom. The molecule has 7 nitrogen and oxygen atoms in total. The van der Waals surface area contributed by atoms with Crippen LogP contribution in [0.25, 0.3) is 0 Å². The van der Waals surface area contributed by atoms with Crippen molar-refractivity contribution in [3.63, 3.8) is 0 Å². The van der Waals surface area contributed by atoms with Gasteiger partial charge in [0.1, 0.15) is 0 Å². The van der Waals surface area contributed by atoms with E-state index >= 15 is 0 Å². The number of hydrogen-bond donors (Lipinski definition) is 4. The van der Waals surface area contributed by atoms with Crippen molar-refractivity contribution >= 4 is 41.5 Å². The van der Waals surface area contributed by atoms with Gasteiger partial charge >= 0.3 is 140 Å². The van der Waals surface area contributed by atoms with E-state index in [0.29, 0.717) is 16.9 Å². The molecule has 2 aromatic carbocycles. The SMILES string of the molecule is CC(=O)Nc1cc(Nc2ccc(F)c(C)c2)ccc1[As](=O)(O)OO. The van der Waals surface area contributed by atoms with Gasteiger partial charge in [-0.3, -0.25) is 0 Å². The van der Waals surface area contributed by atoms with Crippen molar-refractivity contribution in [2.75, 3.05) is 10.6 Å². The number of hydrogen-bond acceptors (Lipinski definition) is 5. The third-order valence-corrected chi connectivity index (χ3v) is 5.73. The standard InChI is InChI=1S/C15H16AsFN2O5/c1-9-7-11(4-6-14(9)17)19-12-3-5-13(16(21,22)24-23)15(8-12)18-10(2)20/h3-8,19,23H,1-2H3,(H,18,20)(H,21,22). The van der Waals surface area contributed by atoms with Gasteiger partial charge in [0.2, 0.25) is 0 Å². The third kappa shape index (κ3) is 4.24. The molecule has 0 aromatic heterocycles. The first-order valence-corrected chi connectivity index (χ1v) is 10.2. The molecule has 4 N–H and O–H groups in total. The number of rotatable bonds is 5. The summed E-state index contributed by atoms with van der Waals surface area (Å²) in [4.78, 5) is 11.3. The molecule has 0 aliphatic heterocycles. The molecule has 24 heavy (non-hydrogen) atoms. The molecular formula is C15H16AsFN2O5. The third-order valence-electron chi connectivity index (χ3n) is 3.17. The van der Waals surface area contributed by atoms with E-state index in [2.05, 4.69) is 14.5 Å². The second kappa shape index (κ2) is 7.19. The van der Waals surface area contributed by atoms with Gasteiger partial charge in [-0.2, -0.15) is 0 Å². The molecule has 0 saturated carbocycles. The molecule has 128 valence electrons. The zero-order valence-electron chi connectivity index (χ0n) is 12.9. The second-order valence-corrected chi connectivity index (χ2v) is 8.64. The summed E-state index contributed by atoms with van der Waals surface area (Å²) in [6.45, 7) is 2.86. The van der Waals surface area contributed by atoms with Gasteiger partial charge in [-0.25, -0.2) is 0 Å². The van der Waals surface area contributed by atoms with E-state index in [4.69, 9.17) is 5.26 Å². The average molecular weight is 398 g/mol. The predicted octanol–water partition coefficient (Wildman–Crippen LogP) is 1.89. The molecule has 0 aliphatic rings. The molecule has 0 aliphatic carbocycles. The van der Waals surface area contributed by atoms with Crippen molar-refractivity contribution in [3.05, 3.63) is 47.8 Å². The van der Waals surface area contributed by atoms with E-state index in [-0.39, 0.29) is 15.9 Å².